The monoisotopic (exact) mass is 164 g/mol. The van der Waals surface area contributed by atoms with Crippen LogP contribution in [0.25, 0.3) is 0 Å². The Morgan fingerprint density at radius 1 is 1.40 bits per heavy atom. The van der Waals surface area contributed by atoms with Gasteiger partial charge in [-0.15, -0.1) is 0 Å². The Kier molecular flexibility index (Phi) is 6.89. The highest BCUT2D eigenvalue weighted by Crippen LogP contribution is 1.96. The van der Waals surface area contributed by atoms with Crippen molar-refractivity contribution in [2.75, 3.05) is 12.3 Å². The molecule has 0 bridgehead atoms. The van der Waals surface area contributed by atoms with Crippen molar-refractivity contribution in [3.63, 3.8) is 0 Å². The normalized spacial score (nSPS) is 13.0. The Bertz CT molecular complexity index is 89.7. The second-order valence-electron chi connectivity index (χ2n) is 2.00. The molecule has 0 radical (unpaired) electrons. The molecular weight excluding hydrogens is 152 g/mol. The summed E-state index contributed by atoms with van der Waals surface area (Å²) < 4.78 is 10.3. The highest BCUT2D eigenvalue weighted by atomic mass is 32.2. The number of rotatable bonds is 6. The number of nitrogens with zero attached hydrogens (tertiary/aromatic N) is 1. The quantitative estimate of drug-likeness (QED) is 0.353. The fourth-order valence-corrected chi connectivity index (χ4v) is 1.09. The molecule has 4 nitrogen and oxygen atoms in total. The molecule has 0 saturated carbocycles. The molecule has 0 spiro atoms. The van der Waals surface area contributed by atoms with Crippen LogP contribution in [0, 0.1) is 4.91 Å². The van der Waals surface area contributed by atoms with Gasteiger partial charge in [-0.3, -0.25) is 0 Å². The number of nitroso groups, excluding NO2 is 1. The number of hydrogen-bond donors (Lipinski definition) is 1. The molecule has 0 rings (SSSR count). The minimum atomic E-state index is -1.18. The first kappa shape index (κ1) is 9.87. The van der Waals surface area contributed by atoms with E-state index in [1.165, 1.54) is 0 Å². The van der Waals surface area contributed by atoms with Crippen LogP contribution in [0.3, 0.4) is 0 Å². The molecule has 1 atom stereocenters. The molecule has 1 unspecified atom stereocenters. The van der Waals surface area contributed by atoms with Crippen molar-refractivity contribution in [3.8, 4) is 0 Å². The molecular formula is C5H12N2O2S. The summed E-state index contributed by atoms with van der Waals surface area (Å²) in [4.78, 5) is 9.57. The third kappa shape index (κ3) is 7.87. The maximum Gasteiger partial charge on any atom is 0.125 e. The van der Waals surface area contributed by atoms with E-state index >= 15 is 0 Å². The maximum atomic E-state index is 10.3. The van der Waals surface area contributed by atoms with Gasteiger partial charge in [0.15, 0.2) is 0 Å². The second kappa shape index (κ2) is 6.98. The van der Waals surface area contributed by atoms with Crippen molar-refractivity contribution >= 4 is 11.4 Å². The van der Waals surface area contributed by atoms with E-state index in [1.807, 2.05) is 0 Å². The van der Waals surface area contributed by atoms with Crippen LogP contribution in [-0.4, -0.2) is 16.9 Å². The van der Waals surface area contributed by atoms with E-state index in [9.17, 15) is 9.46 Å². The summed E-state index contributed by atoms with van der Waals surface area (Å²) >= 11 is -1.18. The molecule has 0 aliphatic carbocycles. The van der Waals surface area contributed by atoms with Crippen LogP contribution in [0.5, 0.6) is 0 Å². The molecule has 0 amide bonds. The lowest BCUT2D eigenvalue weighted by Gasteiger charge is -2.00. The zero-order valence-electron chi connectivity index (χ0n) is 5.78. The van der Waals surface area contributed by atoms with Gasteiger partial charge in [0.25, 0.3) is 0 Å². The summed E-state index contributed by atoms with van der Waals surface area (Å²) in [5, 5.41) is 7.69. The Balaban J connectivity index is 2.83. The minimum Gasteiger partial charge on any atom is -0.598 e. The molecule has 0 heterocycles. The lowest BCUT2D eigenvalue weighted by Crippen LogP contribution is -2.16. The zero-order chi connectivity index (χ0) is 7.82. The number of hydrogen-bond acceptors (Lipinski definition) is 4. The second-order valence-corrected chi connectivity index (χ2v) is 3.17. The maximum absolute atomic E-state index is 10.3. The van der Waals surface area contributed by atoms with E-state index in [0.717, 1.165) is 19.3 Å². The van der Waals surface area contributed by atoms with Gasteiger partial charge in [0.1, 0.15) is 5.75 Å². The number of unbranched alkanes of at least 4 members (excludes halogenated alkanes) is 2. The van der Waals surface area contributed by atoms with Crippen molar-refractivity contribution in [1.29, 1.82) is 0 Å². The van der Waals surface area contributed by atoms with Crippen molar-refractivity contribution in [2.24, 2.45) is 10.3 Å². The zero-order valence-corrected chi connectivity index (χ0v) is 6.60. The summed E-state index contributed by atoms with van der Waals surface area (Å²) in [5.41, 5.74) is 0. The van der Waals surface area contributed by atoms with E-state index in [2.05, 4.69) is 5.18 Å². The van der Waals surface area contributed by atoms with Crippen LogP contribution in [-0.2, 0) is 11.4 Å². The van der Waals surface area contributed by atoms with E-state index in [4.69, 9.17) is 5.14 Å². The van der Waals surface area contributed by atoms with E-state index in [0.29, 0.717) is 12.3 Å². The summed E-state index contributed by atoms with van der Waals surface area (Å²) in [6, 6.07) is 0. The van der Waals surface area contributed by atoms with E-state index in [-0.39, 0.29) is 0 Å². The largest absolute Gasteiger partial charge is 0.598 e. The predicted molar refractivity (Wildman–Crippen MR) is 41.7 cm³/mol. The van der Waals surface area contributed by atoms with Gasteiger partial charge in [0.05, 0.1) is 6.54 Å². The van der Waals surface area contributed by atoms with Gasteiger partial charge in [-0.25, -0.2) is 0 Å². The lowest BCUT2D eigenvalue weighted by molar-refractivity contribution is 0.590. The smallest absolute Gasteiger partial charge is 0.125 e. The van der Waals surface area contributed by atoms with Gasteiger partial charge in [0.2, 0.25) is 0 Å². The molecule has 10 heavy (non-hydrogen) atoms. The van der Waals surface area contributed by atoms with E-state index < -0.39 is 11.4 Å². The first-order valence-electron chi connectivity index (χ1n) is 3.19. The van der Waals surface area contributed by atoms with Gasteiger partial charge in [-0.1, -0.05) is 5.18 Å². The molecule has 5 heteroatoms. The van der Waals surface area contributed by atoms with Gasteiger partial charge < -0.3 is 4.55 Å². The molecule has 0 aliphatic rings. The van der Waals surface area contributed by atoms with Crippen LogP contribution in [0.15, 0.2) is 5.18 Å². The fraction of sp³-hybridized carbons (Fsp3) is 1.00. The Morgan fingerprint density at radius 2 is 2.10 bits per heavy atom. The average molecular weight is 164 g/mol. The Hall–Kier alpha value is -0.130. The lowest BCUT2D eigenvalue weighted by atomic mass is 10.2. The first-order chi connectivity index (χ1) is 4.77. The molecule has 0 aromatic heterocycles. The van der Waals surface area contributed by atoms with Crippen molar-refractivity contribution in [2.45, 2.75) is 19.3 Å². The third-order valence-electron chi connectivity index (χ3n) is 1.09. The summed E-state index contributed by atoms with van der Waals surface area (Å²) in [5.74, 6) is 0.527. The number of nitrogens with two attached hydrogens (primary N) is 1. The van der Waals surface area contributed by atoms with Crippen molar-refractivity contribution < 1.29 is 4.55 Å². The molecule has 0 aromatic carbocycles. The SMILES string of the molecule is N[S+]([O-])CCCCCN=O. The molecule has 0 fully saturated rings. The molecule has 0 aliphatic heterocycles. The summed E-state index contributed by atoms with van der Waals surface area (Å²) in [6.07, 6.45) is 2.48. The Labute approximate surface area is 63.5 Å². The van der Waals surface area contributed by atoms with Gasteiger partial charge in [-0.2, -0.15) is 10.0 Å². The molecule has 0 saturated heterocycles. The molecule has 2 N–H and O–H groups in total. The van der Waals surface area contributed by atoms with Crippen LogP contribution in [0.4, 0.5) is 0 Å². The van der Waals surface area contributed by atoms with Crippen LogP contribution >= 0.6 is 0 Å². The minimum absolute atomic E-state index is 0.358. The average Bonchev–Trinajstić information content (AvgIpc) is 1.87. The third-order valence-corrected chi connectivity index (χ3v) is 1.79. The van der Waals surface area contributed by atoms with Gasteiger partial charge >= 0.3 is 0 Å². The molecule has 60 valence electrons. The van der Waals surface area contributed by atoms with Crippen LogP contribution in [0.2, 0.25) is 0 Å². The fourth-order valence-electron chi connectivity index (χ4n) is 0.597. The van der Waals surface area contributed by atoms with Crippen LogP contribution < -0.4 is 5.14 Å². The topological polar surface area (TPSA) is 78.5 Å². The first-order valence-corrected chi connectivity index (χ1v) is 4.57. The Morgan fingerprint density at radius 3 is 2.60 bits per heavy atom. The van der Waals surface area contributed by atoms with Gasteiger partial charge in [0, 0.05) is 11.4 Å². The summed E-state index contributed by atoms with van der Waals surface area (Å²) in [6.45, 7) is 0.358. The molecule has 0 aromatic rings. The highest BCUT2D eigenvalue weighted by Gasteiger charge is 1.96. The predicted octanol–water partition coefficient (Wildman–Crippen LogP) is 0.545. The van der Waals surface area contributed by atoms with Crippen molar-refractivity contribution in [3.05, 3.63) is 4.91 Å². The van der Waals surface area contributed by atoms with Gasteiger partial charge in [-0.05, 0) is 19.3 Å². The summed E-state index contributed by atoms with van der Waals surface area (Å²) in [7, 11) is 0. The van der Waals surface area contributed by atoms with Crippen molar-refractivity contribution in [1.82, 2.24) is 0 Å². The van der Waals surface area contributed by atoms with E-state index in [1.54, 1.807) is 0 Å². The van der Waals surface area contributed by atoms with Crippen LogP contribution in [0.1, 0.15) is 19.3 Å². The highest BCUT2D eigenvalue weighted by molar-refractivity contribution is 7.89. The standard InChI is InChI=1S/C5H12N2O2S/c6-10(9)5-3-1-2-4-7-8/h1-6H2.